The van der Waals surface area contributed by atoms with Gasteiger partial charge in [-0.15, -0.1) is 0 Å². The lowest BCUT2D eigenvalue weighted by Gasteiger charge is -2.18. The van der Waals surface area contributed by atoms with Crippen LogP contribution in [-0.4, -0.2) is 41.4 Å². The Morgan fingerprint density at radius 1 is 1.33 bits per heavy atom. The number of carboxylic acid groups (broad SMARTS) is 1. The Morgan fingerprint density at radius 2 is 2.07 bits per heavy atom. The molecule has 0 aliphatic carbocycles. The second-order valence-electron chi connectivity index (χ2n) is 6.31. The van der Waals surface area contributed by atoms with Crippen molar-refractivity contribution >= 4 is 17.8 Å². The highest BCUT2D eigenvalue weighted by atomic mass is 16.5. The molecule has 1 aliphatic heterocycles. The zero-order chi connectivity index (χ0) is 19.4. The van der Waals surface area contributed by atoms with E-state index in [4.69, 9.17) is 9.15 Å². The lowest BCUT2D eigenvalue weighted by molar-refractivity contribution is -0.142. The van der Waals surface area contributed by atoms with Crippen molar-refractivity contribution in [3.63, 3.8) is 0 Å². The van der Waals surface area contributed by atoms with Crippen molar-refractivity contribution in [3.8, 4) is 5.75 Å². The minimum absolute atomic E-state index is 0.0431. The molecule has 0 saturated carbocycles. The highest BCUT2D eigenvalue weighted by Gasteiger charge is 2.36. The SMILES string of the molecule is COc1ccc(C(NC(=O)C2CC(=O)N(Cc3ccco3)C2)C(=O)O)cc1. The van der Waals surface area contributed by atoms with E-state index in [2.05, 4.69) is 5.32 Å². The van der Waals surface area contributed by atoms with Gasteiger partial charge in [0.05, 0.1) is 25.8 Å². The van der Waals surface area contributed by atoms with Gasteiger partial charge in [0.1, 0.15) is 11.5 Å². The molecule has 1 aromatic carbocycles. The number of carbonyl (C=O) groups is 3. The normalized spacial score (nSPS) is 17.6. The number of carboxylic acids is 1. The number of ether oxygens (including phenoxy) is 1. The van der Waals surface area contributed by atoms with Gasteiger partial charge in [-0.05, 0) is 29.8 Å². The summed E-state index contributed by atoms with van der Waals surface area (Å²) in [5.41, 5.74) is 0.424. The summed E-state index contributed by atoms with van der Waals surface area (Å²) in [5.74, 6) is -1.19. The van der Waals surface area contributed by atoms with E-state index < -0.39 is 23.8 Å². The van der Waals surface area contributed by atoms with Crippen molar-refractivity contribution in [1.82, 2.24) is 10.2 Å². The van der Waals surface area contributed by atoms with E-state index in [0.717, 1.165) is 0 Å². The van der Waals surface area contributed by atoms with Crippen molar-refractivity contribution in [1.29, 1.82) is 0 Å². The van der Waals surface area contributed by atoms with Crippen LogP contribution in [0.4, 0.5) is 0 Å². The van der Waals surface area contributed by atoms with Crippen LogP contribution in [0.5, 0.6) is 5.75 Å². The summed E-state index contributed by atoms with van der Waals surface area (Å²) in [5, 5.41) is 12.0. The summed E-state index contributed by atoms with van der Waals surface area (Å²) in [7, 11) is 1.51. The quantitative estimate of drug-likeness (QED) is 0.764. The van der Waals surface area contributed by atoms with Gasteiger partial charge in [0.2, 0.25) is 11.8 Å². The molecule has 1 aromatic heterocycles. The average molecular weight is 372 g/mol. The molecule has 2 amide bonds. The number of carbonyl (C=O) groups excluding carboxylic acids is 2. The van der Waals surface area contributed by atoms with Crippen LogP contribution in [0.3, 0.4) is 0 Å². The minimum Gasteiger partial charge on any atom is -0.497 e. The first kappa shape index (κ1) is 18.5. The lowest BCUT2D eigenvalue weighted by Crippen LogP contribution is -2.38. The molecule has 27 heavy (non-hydrogen) atoms. The molecule has 0 radical (unpaired) electrons. The maximum atomic E-state index is 12.5. The highest BCUT2D eigenvalue weighted by Crippen LogP contribution is 2.23. The van der Waals surface area contributed by atoms with Gasteiger partial charge in [-0.3, -0.25) is 9.59 Å². The third-order valence-corrected chi connectivity index (χ3v) is 4.49. The van der Waals surface area contributed by atoms with E-state index in [1.165, 1.54) is 18.3 Å². The van der Waals surface area contributed by atoms with Gasteiger partial charge in [-0.25, -0.2) is 4.79 Å². The Kier molecular flexibility index (Phi) is 5.44. The molecular weight excluding hydrogens is 352 g/mol. The Hall–Kier alpha value is -3.29. The molecule has 2 unspecified atom stereocenters. The summed E-state index contributed by atoms with van der Waals surface area (Å²) >= 11 is 0. The van der Waals surface area contributed by atoms with Gasteiger partial charge >= 0.3 is 5.97 Å². The number of aliphatic carboxylic acids is 1. The van der Waals surface area contributed by atoms with Crippen molar-refractivity contribution in [2.24, 2.45) is 5.92 Å². The van der Waals surface area contributed by atoms with E-state index in [1.807, 2.05) is 0 Å². The van der Waals surface area contributed by atoms with Gasteiger partial charge in [0, 0.05) is 13.0 Å². The number of hydrogen-bond donors (Lipinski definition) is 2. The Labute approximate surface area is 155 Å². The molecule has 2 atom stereocenters. The van der Waals surface area contributed by atoms with Crippen LogP contribution in [0.2, 0.25) is 0 Å². The maximum Gasteiger partial charge on any atom is 0.330 e. The number of likely N-dealkylation sites (tertiary alicyclic amines) is 1. The van der Waals surface area contributed by atoms with Crippen LogP contribution in [0.15, 0.2) is 47.1 Å². The summed E-state index contributed by atoms with van der Waals surface area (Å²) in [6.07, 6.45) is 1.56. The molecule has 2 N–H and O–H groups in total. The molecule has 2 aromatic rings. The van der Waals surface area contributed by atoms with E-state index in [1.54, 1.807) is 36.4 Å². The molecule has 142 valence electrons. The van der Waals surface area contributed by atoms with E-state index in [9.17, 15) is 19.5 Å². The van der Waals surface area contributed by atoms with Gasteiger partial charge in [0.25, 0.3) is 0 Å². The molecule has 1 aliphatic rings. The number of nitrogens with zero attached hydrogens (tertiary/aromatic N) is 1. The van der Waals surface area contributed by atoms with E-state index >= 15 is 0 Å². The third kappa shape index (κ3) is 4.28. The summed E-state index contributed by atoms with van der Waals surface area (Å²) in [6, 6.07) is 8.71. The van der Waals surface area contributed by atoms with E-state index in [-0.39, 0.29) is 25.4 Å². The number of furan rings is 1. The smallest absolute Gasteiger partial charge is 0.330 e. The number of hydrogen-bond acceptors (Lipinski definition) is 5. The number of amides is 2. The first-order valence-corrected chi connectivity index (χ1v) is 8.45. The van der Waals surface area contributed by atoms with Crippen LogP contribution >= 0.6 is 0 Å². The van der Waals surface area contributed by atoms with Crippen molar-refractivity contribution in [3.05, 3.63) is 54.0 Å². The highest BCUT2D eigenvalue weighted by molar-refractivity contribution is 5.91. The average Bonchev–Trinajstić information content (AvgIpc) is 3.30. The number of methoxy groups -OCH3 is 1. The summed E-state index contributed by atoms with van der Waals surface area (Å²) < 4.78 is 10.3. The van der Waals surface area contributed by atoms with Crippen LogP contribution in [-0.2, 0) is 20.9 Å². The fraction of sp³-hybridized carbons (Fsp3) is 0.316. The molecule has 8 heteroatoms. The third-order valence-electron chi connectivity index (χ3n) is 4.49. The number of nitrogens with one attached hydrogen (secondary N) is 1. The van der Waals surface area contributed by atoms with Crippen molar-refractivity contribution in [2.45, 2.75) is 19.0 Å². The fourth-order valence-electron chi connectivity index (χ4n) is 3.04. The predicted molar refractivity (Wildman–Crippen MR) is 93.7 cm³/mol. The zero-order valence-electron chi connectivity index (χ0n) is 14.8. The number of rotatable bonds is 7. The van der Waals surface area contributed by atoms with Crippen molar-refractivity contribution in [2.75, 3.05) is 13.7 Å². The molecule has 3 rings (SSSR count). The molecule has 0 bridgehead atoms. The second kappa shape index (κ2) is 7.94. The standard InChI is InChI=1S/C19H20N2O6/c1-26-14-6-4-12(5-7-14)17(19(24)25)20-18(23)13-9-16(22)21(10-13)11-15-3-2-8-27-15/h2-8,13,17H,9-11H2,1H3,(H,20,23)(H,24,25). The molecule has 1 saturated heterocycles. The maximum absolute atomic E-state index is 12.5. The summed E-state index contributed by atoms with van der Waals surface area (Å²) in [6.45, 7) is 0.511. The zero-order valence-corrected chi connectivity index (χ0v) is 14.8. The summed E-state index contributed by atoms with van der Waals surface area (Å²) in [4.78, 5) is 37.8. The van der Waals surface area contributed by atoms with Gasteiger partial charge in [0.15, 0.2) is 6.04 Å². The fourth-order valence-corrected chi connectivity index (χ4v) is 3.04. The van der Waals surface area contributed by atoms with Crippen LogP contribution in [0.1, 0.15) is 23.8 Å². The van der Waals surface area contributed by atoms with Crippen molar-refractivity contribution < 1.29 is 28.6 Å². The first-order valence-electron chi connectivity index (χ1n) is 8.45. The number of benzene rings is 1. The van der Waals surface area contributed by atoms with Gasteiger partial charge < -0.3 is 24.5 Å². The van der Waals surface area contributed by atoms with Crippen LogP contribution < -0.4 is 10.1 Å². The Bertz CT molecular complexity index is 815. The molecule has 0 spiro atoms. The minimum atomic E-state index is -1.20. The topological polar surface area (TPSA) is 109 Å². The Balaban J connectivity index is 1.65. The second-order valence-corrected chi connectivity index (χ2v) is 6.31. The lowest BCUT2D eigenvalue weighted by atomic mass is 10.0. The molecule has 2 heterocycles. The van der Waals surface area contributed by atoms with Gasteiger partial charge in [-0.1, -0.05) is 12.1 Å². The molecular formula is C19H20N2O6. The van der Waals surface area contributed by atoms with E-state index in [0.29, 0.717) is 17.1 Å². The molecule has 1 fully saturated rings. The Morgan fingerprint density at radius 3 is 2.67 bits per heavy atom. The predicted octanol–water partition coefficient (Wildman–Crippen LogP) is 1.58. The van der Waals surface area contributed by atoms with Crippen LogP contribution in [0.25, 0.3) is 0 Å². The largest absolute Gasteiger partial charge is 0.497 e. The van der Waals surface area contributed by atoms with Crippen LogP contribution in [0, 0.1) is 5.92 Å². The first-order chi connectivity index (χ1) is 13.0. The van der Waals surface area contributed by atoms with Gasteiger partial charge in [-0.2, -0.15) is 0 Å². The monoisotopic (exact) mass is 372 g/mol. The molecule has 8 nitrogen and oxygen atoms in total.